The first-order valence-corrected chi connectivity index (χ1v) is 4.40. The minimum atomic E-state index is -1.77. The van der Waals surface area contributed by atoms with Crippen molar-refractivity contribution in [3.05, 3.63) is 23.9 Å². The highest BCUT2D eigenvalue weighted by molar-refractivity contribution is 5.76. The van der Waals surface area contributed by atoms with E-state index in [9.17, 15) is 9.90 Å². The molecule has 1 unspecified atom stereocenters. The fourth-order valence-corrected chi connectivity index (χ4v) is 1.15. The Morgan fingerprint density at radius 1 is 1.67 bits per heavy atom. The normalized spacial score (nSPS) is 14.3. The first-order chi connectivity index (χ1) is 6.95. The molecule has 1 aromatic rings. The number of carboxylic acids is 1. The molecule has 1 heterocycles. The second-order valence-electron chi connectivity index (χ2n) is 3.46. The van der Waals surface area contributed by atoms with Gasteiger partial charge in [0, 0.05) is 18.7 Å². The first-order valence-electron chi connectivity index (χ1n) is 4.40. The summed E-state index contributed by atoms with van der Waals surface area (Å²) in [6.07, 6.45) is 1.52. The SMILES string of the molecule is COc1cc(CC(C)(O)C(=O)O)ccn1. The number of aliphatic carboxylic acids is 1. The Balaban J connectivity index is 2.85. The molecule has 5 heteroatoms. The van der Waals surface area contributed by atoms with Gasteiger partial charge in [-0.05, 0) is 18.6 Å². The van der Waals surface area contributed by atoms with Gasteiger partial charge in [-0.15, -0.1) is 0 Å². The maximum atomic E-state index is 10.7. The van der Waals surface area contributed by atoms with Crippen LogP contribution in [0.1, 0.15) is 12.5 Å². The Hall–Kier alpha value is -1.62. The first kappa shape index (κ1) is 11.5. The van der Waals surface area contributed by atoms with Gasteiger partial charge in [0.15, 0.2) is 5.60 Å². The minimum Gasteiger partial charge on any atom is -0.481 e. The van der Waals surface area contributed by atoms with Gasteiger partial charge >= 0.3 is 5.97 Å². The largest absolute Gasteiger partial charge is 0.481 e. The molecule has 0 saturated heterocycles. The van der Waals surface area contributed by atoms with Gasteiger partial charge < -0.3 is 14.9 Å². The monoisotopic (exact) mass is 211 g/mol. The smallest absolute Gasteiger partial charge is 0.335 e. The molecule has 0 amide bonds. The zero-order valence-electron chi connectivity index (χ0n) is 8.60. The number of methoxy groups -OCH3 is 1. The fraction of sp³-hybridized carbons (Fsp3) is 0.400. The van der Waals surface area contributed by atoms with Crippen LogP contribution in [-0.4, -0.2) is 33.9 Å². The van der Waals surface area contributed by atoms with Crippen molar-refractivity contribution in [3.8, 4) is 5.88 Å². The van der Waals surface area contributed by atoms with Gasteiger partial charge in [0.25, 0.3) is 0 Å². The summed E-state index contributed by atoms with van der Waals surface area (Å²) in [4.78, 5) is 14.6. The number of nitrogens with zero attached hydrogens (tertiary/aromatic N) is 1. The van der Waals surface area contributed by atoms with E-state index in [1.54, 1.807) is 12.1 Å². The molecular formula is C10H13NO4. The second-order valence-corrected chi connectivity index (χ2v) is 3.46. The Morgan fingerprint density at radius 3 is 2.87 bits per heavy atom. The van der Waals surface area contributed by atoms with Gasteiger partial charge in [0.05, 0.1) is 7.11 Å². The number of pyridine rings is 1. The maximum absolute atomic E-state index is 10.7. The molecule has 0 aromatic carbocycles. The third kappa shape index (κ3) is 2.92. The lowest BCUT2D eigenvalue weighted by Gasteiger charge is -2.17. The zero-order valence-corrected chi connectivity index (χ0v) is 8.60. The number of aliphatic hydroxyl groups is 1. The summed E-state index contributed by atoms with van der Waals surface area (Å²) < 4.78 is 4.89. The van der Waals surface area contributed by atoms with Crippen molar-refractivity contribution >= 4 is 5.97 Å². The highest BCUT2D eigenvalue weighted by Gasteiger charge is 2.30. The molecule has 0 fully saturated rings. The summed E-state index contributed by atoms with van der Waals surface area (Å²) in [7, 11) is 1.47. The summed E-state index contributed by atoms with van der Waals surface area (Å²) in [5.74, 6) is -0.855. The Bertz CT molecular complexity index is 362. The molecule has 1 aromatic heterocycles. The van der Waals surface area contributed by atoms with Gasteiger partial charge in [-0.2, -0.15) is 0 Å². The van der Waals surface area contributed by atoms with Crippen LogP contribution in [0.15, 0.2) is 18.3 Å². The van der Waals surface area contributed by atoms with Crippen LogP contribution in [0.5, 0.6) is 5.88 Å². The molecule has 0 spiro atoms. The topological polar surface area (TPSA) is 79.7 Å². The molecular weight excluding hydrogens is 198 g/mol. The molecule has 0 aliphatic rings. The maximum Gasteiger partial charge on any atom is 0.335 e. The predicted octanol–water partition coefficient (Wildman–Crippen LogP) is 0.468. The summed E-state index contributed by atoms with van der Waals surface area (Å²) in [5.41, 5.74) is -1.11. The number of carbonyl (C=O) groups is 1. The molecule has 5 nitrogen and oxygen atoms in total. The van der Waals surface area contributed by atoms with Gasteiger partial charge in [0.2, 0.25) is 5.88 Å². The van der Waals surface area contributed by atoms with Crippen LogP contribution in [0, 0.1) is 0 Å². The van der Waals surface area contributed by atoms with E-state index in [1.165, 1.54) is 20.2 Å². The summed E-state index contributed by atoms with van der Waals surface area (Å²) in [6.45, 7) is 1.25. The molecule has 15 heavy (non-hydrogen) atoms. The average Bonchev–Trinajstić information content (AvgIpc) is 2.17. The number of ether oxygens (including phenoxy) is 1. The van der Waals surface area contributed by atoms with E-state index in [2.05, 4.69) is 4.98 Å². The molecule has 1 atom stereocenters. The Morgan fingerprint density at radius 2 is 2.33 bits per heavy atom. The van der Waals surface area contributed by atoms with E-state index in [-0.39, 0.29) is 6.42 Å². The van der Waals surface area contributed by atoms with Crippen molar-refractivity contribution in [1.82, 2.24) is 4.98 Å². The fourth-order valence-electron chi connectivity index (χ4n) is 1.15. The van der Waals surface area contributed by atoms with Crippen LogP contribution in [0.25, 0.3) is 0 Å². The second kappa shape index (κ2) is 4.27. The van der Waals surface area contributed by atoms with Crippen molar-refractivity contribution in [2.24, 2.45) is 0 Å². The predicted molar refractivity (Wildman–Crippen MR) is 52.8 cm³/mol. The van der Waals surface area contributed by atoms with Gasteiger partial charge in [0.1, 0.15) is 0 Å². The lowest BCUT2D eigenvalue weighted by atomic mass is 9.97. The Labute approximate surface area is 87.3 Å². The quantitative estimate of drug-likeness (QED) is 0.756. The van der Waals surface area contributed by atoms with E-state index >= 15 is 0 Å². The van der Waals surface area contributed by atoms with E-state index in [0.29, 0.717) is 11.4 Å². The lowest BCUT2D eigenvalue weighted by molar-refractivity contribution is -0.156. The summed E-state index contributed by atoms with van der Waals surface area (Å²) >= 11 is 0. The summed E-state index contributed by atoms with van der Waals surface area (Å²) in [6, 6.07) is 3.23. The molecule has 0 bridgehead atoms. The number of carboxylic acid groups (broad SMARTS) is 1. The van der Waals surface area contributed by atoms with Crippen molar-refractivity contribution in [2.45, 2.75) is 18.9 Å². The number of aromatic nitrogens is 1. The van der Waals surface area contributed by atoms with Crippen LogP contribution in [0.2, 0.25) is 0 Å². The molecule has 0 radical (unpaired) electrons. The highest BCUT2D eigenvalue weighted by Crippen LogP contribution is 2.16. The standard InChI is InChI=1S/C10H13NO4/c1-10(14,9(12)13)6-7-3-4-11-8(5-7)15-2/h3-5,14H,6H2,1-2H3,(H,12,13). The zero-order chi connectivity index (χ0) is 11.5. The molecule has 0 aliphatic carbocycles. The molecule has 0 saturated carbocycles. The lowest BCUT2D eigenvalue weighted by Crippen LogP contribution is -2.37. The molecule has 82 valence electrons. The van der Waals surface area contributed by atoms with Crippen molar-refractivity contribution in [1.29, 1.82) is 0 Å². The van der Waals surface area contributed by atoms with Crippen molar-refractivity contribution in [3.63, 3.8) is 0 Å². The van der Waals surface area contributed by atoms with Crippen LogP contribution in [-0.2, 0) is 11.2 Å². The highest BCUT2D eigenvalue weighted by atomic mass is 16.5. The third-order valence-corrected chi connectivity index (χ3v) is 2.02. The Kier molecular flexibility index (Phi) is 3.26. The van der Waals surface area contributed by atoms with E-state index in [1.807, 2.05) is 0 Å². The minimum absolute atomic E-state index is 0.0151. The summed E-state index contributed by atoms with van der Waals surface area (Å²) in [5, 5.41) is 18.3. The van der Waals surface area contributed by atoms with Gasteiger partial charge in [-0.1, -0.05) is 0 Å². The van der Waals surface area contributed by atoms with Crippen molar-refractivity contribution in [2.75, 3.05) is 7.11 Å². The number of rotatable bonds is 4. The molecule has 1 rings (SSSR count). The molecule has 0 aliphatic heterocycles. The van der Waals surface area contributed by atoms with Crippen molar-refractivity contribution < 1.29 is 19.7 Å². The van der Waals surface area contributed by atoms with Gasteiger partial charge in [-0.3, -0.25) is 0 Å². The van der Waals surface area contributed by atoms with E-state index in [0.717, 1.165) is 0 Å². The number of hydrogen-bond acceptors (Lipinski definition) is 4. The van der Waals surface area contributed by atoms with Crippen LogP contribution in [0.3, 0.4) is 0 Å². The third-order valence-electron chi connectivity index (χ3n) is 2.02. The van der Waals surface area contributed by atoms with Crippen LogP contribution >= 0.6 is 0 Å². The average molecular weight is 211 g/mol. The van der Waals surface area contributed by atoms with Crippen LogP contribution in [0.4, 0.5) is 0 Å². The van der Waals surface area contributed by atoms with E-state index in [4.69, 9.17) is 9.84 Å². The van der Waals surface area contributed by atoms with Gasteiger partial charge in [-0.25, -0.2) is 9.78 Å². The molecule has 2 N–H and O–H groups in total. The van der Waals surface area contributed by atoms with E-state index < -0.39 is 11.6 Å². The van der Waals surface area contributed by atoms with Crippen LogP contribution < -0.4 is 4.74 Å². The number of hydrogen-bond donors (Lipinski definition) is 2.